The Hall–Kier alpha value is -5.35. The van der Waals surface area contributed by atoms with E-state index in [9.17, 15) is 27.9 Å². The van der Waals surface area contributed by atoms with Gasteiger partial charge in [0.25, 0.3) is 0 Å². The van der Waals surface area contributed by atoms with Crippen molar-refractivity contribution in [3.63, 3.8) is 0 Å². The number of nitrogens with two attached hydrogens (primary N) is 1. The number of likely N-dealkylation sites (N-methyl/N-ethyl adjacent to an activating group) is 1. The number of aliphatic hydroxyl groups is 1. The van der Waals surface area contributed by atoms with E-state index >= 15 is 8.78 Å². The van der Waals surface area contributed by atoms with Crippen molar-refractivity contribution in [3.8, 4) is 0 Å². The summed E-state index contributed by atoms with van der Waals surface area (Å²) in [6.07, 6.45) is -1.01. The average molecular weight is 826 g/mol. The van der Waals surface area contributed by atoms with Gasteiger partial charge in [0.2, 0.25) is 5.91 Å². The van der Waals surface area contributed by atoms with Gasteiger partial charge in [-0.2, -0.15) is 4.90 Å². The first kappa shape index (κ1) is 45.4. The number of fused-ring (bicyclic) bond motifs is 1. The van der Waals surface area contributed by atoms with Crippen LogP contribution in [0.15, 0.2) is 59.6 Å². The molecule has 4 rings (SSSR count). The van der Waals surface area contributed by atoms with Gasteiger partial charge in [0.1, 0.15) is 33.8 Å². The monoisotopic (exact) mass is 825 g/mol. The molecule has 0 radical (unpaired) electrons. The van der Waals surface area contributed by atoms with E-state index in [1.807, 2.05) is 13.8 Å². The van der Waals surface area contributed by atoms with Crippen LogP contribution in [-0.4, -0.2) is 71.6 Å². The minimum Gasteiger partial charge on any atom is -0.443 e. The molecule has 0 aliphatic heterocycles. The minimum absolute atomic E-state index is 0.0274. The first-order valence-electron chi connectivity index (χ1n) is 18.6. The largest absolute Gasteiger partial charge is 0.443 e. The molecule has 314 valence electrons. The number of hydrogen-bond donors (Lipinski definition) is 3. The molecule has 0 saturated carbocycles. The number of anilines is 3. The van der Waals surface area contributed by atoms with Crippen LogP contribution in [0.3, 0.4) is 0 Å². The minimum atomic E-state index is -4.15. The van der Waals surface area contributed by atoms with Crippen LogP contribution in [-0.2, 0) is 30.7 Å². The zero-order chi connectivity index (χ0) is 43.7. The number of nitrogens with one attached hydrogen (secondary N) is 1. The standard InChI is InChI=1S/C42H53F2N5O8S/c1-23(2)58(54,55)36-28(17-29(45)19-33(36)44)21-48(11)38(51)35(27-12-13-31(24(3)16-27)25(4)22-50)47-30-18-26-14-15-46-37(34(26)32(43)20-30)49(39(52)56-41(5,6)7)40(53)57-42(8,9)10/h12-20,23,25,35,47,50H,21-22,45H2,1-11H3/t25-,35?/m0/s1. The summed E-state index contributed by atoms with van der Waals surface area (Å²) in [6.45, 7) is 15.6. The van der Waals surface area contributed by atoms with Crippen LogP contribution >= 0.6 is 0 Å². The van der Waals surface area contributed by atoms with Gasteiger partial charge in [-0.05, 0) is 120 Å². The zero-order valence-electron chi connectivity index (χ0n) is 34.7. The van der Waals surface area contributed by atoms with Crippen LogP contribution in [0.2, 0.25) is 0 Å². The van der Waals surface area contributed by atoms with Crippen molar-refractivity contribution in [1.29, 1.82) is 0 Å². The molecule has 2 atom stereocenters. The van der Waals surface area contributed by atoms with Crippen molar-refractivity contribution in [3.05, 3.63) is 88.6 Å². The van der Waals surface area contributed by atoms with Crippen LogP contribution in [0.4, 0.5) is 35.6 Å². The molecule has 0 spiro atoms. The van der Waals surface area contributed by atoms with Crippen LogP contribution in [0, 0.1) is 18.6 Å². The highest BCUT2D eigenvalue weighted by molar-refractivity contribution is 7.92. The van der Waals surface area contributed by atoms with E-state index in [4.69, 9.17) is 15.2 Å². The van der Waals surface area contributed by atoms with E-state index in [1.54, 1.807) is 59.7 Å². The third-order valence-electron chi connectivity index (χ3n) is 8.98. The number of aliphatic hydroxyl groups excluding tert-OH is 1. The average Bonchev–Trinajstić information content (AvgIpc) is 3.07. The summed E-state index contributed by atoms with van der Waals surface area (Å²) >= 11 is 0. The number of sulfone groups is 1. The van der Waals surface area contributed by atoms with Crippen LogP contribution in [0.5, 0.6) is 0 Å². The third-order valence-corrected chi connectivity index (χ3v) is 11.2. The highest BCUT2D eigenvalue weighted by Crippen LogP contribution is 2.35. The molecule has 4 N–H and O–H groups in total. The van der Waals surface area contributed by atoms with Crippen LogP contribution in [0.25, 0.3) is 10.8 Å². The fourth-order valence-electron chi connectivity index (χ4n) is 6.25. The van der Waals surface area contributed by atoms with E-state index in [2.05, 4.69) is 10.3 Å². The second-order valence-corrected chi connectivity index (χ2v) is 19.0. The fraction of sp³-hybridized carbons (Fsp3) is 0.429. The number of halogens is 2. The molecule has 1 aromatic heterocycles. The van der Waals surface area contributed by atoms with E-state index in [-0.39, 0.29) is 52.6 Å². The lowest BCUT2D eigenvalue weighted by molar-refractivity contribution is -0.131. The number of hydrogen-bond acceptors (Lipinski definition) is 11. The topological polar surface area (TPSA) is 181 Å². The number of nitrogen functional groups attached to an aromatic ring is 1. The molecular weight excluding hydrogens is 773 g/mol. The first-order chi connectivity index (χ1) is 26.7. The van der Waals surface area contributed by atoms with Gasteiger partial charge in [0, 0.05) is 43.7 Å². The molecular formula is C42H53F2N5O8S. The van der Waals surface area contributed by atoms with E-state index in [0.29, 0.717) is 10.5 Å². The van der Waals surface area contributed by atoms with E-state index in [0.717, 1.165) is 23.3 Å². The number of carbonyl (C=O) groups is 3. The summed E-state index contributed by atoms with van der Waals surface area (Å²) in [5, 5.41) is 11.9. The van der Waals surface area contributed by atoms with Gasteiger partial charge in [-0.1, -0.05) is 25.1 Å². The molecule has 3 aromatic carbocycles. The van der Waals surface area contributed by atoms with Crippen molar-refractivity contribution < 1.29 is 46.2 Å². The van der Waals surface area contributed by atoms with Gasteiger partial charge in [-0.15, -0.1) is 0 Å². The molecule has 4 aromatic rings. The van der Waals surface area contributed by atoms with E-state index < -0.39 is 67.0 Å². The molecule has 16 heteroatoms. The summed E-state index contributed by atoms with van der Waals surface area (Å²) < 4.78 is 69.3. The molecule has 0 aliphatic carbocycles. The lowest BCUT2D eigenvalue weighted by Gasteiger charge is -2.29. The third kappa shape index (κ3) is 10.4. The fourth-order valence-corrected chi connectivity index (χ4v) is 7.54. The number of aromatic nitrogens is 1. The predicted molar refractivity (Wildman–Crippen MR) is 219 cm³/mol. The molecule has 3 amide bonds. The summed E-state index contributed by atoms with van der Waals surface area (Å²) in [5.41, 5.74) is 5.94. The Morgan fingerprint density at radius 2 is 1.52 bits per heavy atom. The Kier molecular flexibility index (Phi) is 13.5. The maximum absolute atomic E-state index is 16.5. The number of benzene rings is 3. The van der Waals surface area contributed by atoms with E-state index in [1.165, 1.54) is 50.2 Å². The summed E-state index contributed by atoms with van der Waals surface area (Å²) in [6, 6.07) is 10.2. The molecule has 13 nitrogen and oxygen atoms in total. The van der Waals surface area contributed by atoms with Crippen molar-refractivity contribution in [1.82, 2.24) is 9.88 Å². The second-order valence-electron chi connectivity index (χ2n) is 16.5. The number of pyridine rings is 1. The number of aryl methyl sites for hydroxylation is 1. The molecule has 0 bridgehead atoms. The van der Waals surface area contributed by atoms with Gasteiger partial charge in [-0.3, -0.25) is 4.79 Å². The highest BCUT2D eigenvalue weighted by atomic mass is 32.2. The van der Waals surface area contributed by atoms with Gasteiger partial charge in [0.05, 0.1) is 10.6 Å². The lowest BCUT2D eigenvalue weighted by atomic mass is 9.93. The Labute approximate surface area is 338 Å². The second kappa shape index (κ2) is 17.2. The van der Waals surface area contributed by atoms with Crippen molar-refractivity contribution in [2.75, 3.05) is 29.6 Å². The Morgan fingerprint density at radius 3 is 2.05 bits per heavy atom. The van der Waals surface area contributed by atoms with Crippen molar-refractivity contribution in [2.45, 2.75) is 109 Å². The van der Waals surface area contributed by atoms with Gasteiger partial charge in [-0.25, -0.2) is 31.8 Å². The van der Waals surface area contributed by atoms with Gasteiger partial charge >= 0.3 is 12.2 Å². The quantitative estimate of drug-likeness (QED) is 0.124. The van der Waals surface area contributed by atoms with Crippen molar-refractivity contribution >= 4 is 55.9 Å². The Balaban J connectivity index is 1.85. The summed E-state index contributed by atoms with van der Waals surface area (Å²) in [7, 11) is -2.73. The number of carbonyl (C=O) groups excluding carboxylic acids is 3. The summed E-state index contributed by atoms with van der Waals surface area (Å²) in [4.78, 5) is 46.8. The van der Waals surface area contributed by atoms with Crippen molar-refractivity contribution in [2.24, 2.45) is 0 Å². The molecule has 0 aliphatic rings. The normalized spacial score (nSPS) is 13.2. The summed E-state index contributed by atoms with van der Waals surface area (Å²) in [5.74, 6) is -3.15. The molecule has 0 fully saturated rings. The molecule has 0 saturated heterocycles. The van der Waals surface area contributed by atoms with Gasteiger partial charge in [0.15, 0.2) is 15.7 Å². The number of amides is 3. The maximum atomic E-state index is 16.5. The van der Waals surface area contributed by atoms with Gasteiger partial charge < -0.3 is 30.5 Å². The number of nitrogens with zero attached hydrogens (tertiary/aromatic N) is 3. The molecule has 1 heterocycles. The van der Waals surface area contributed by atoms with Crippen LogP contribution in [0.1, 0.15) is 96.5 Å². The molecule has 58 heavy (non-hydrogen) atoms. The predicted octanol–water partition coefficient (Wildman–Crippen LogP) is 8.17. The Morgan fingerprint density at radius 1 is 0.914 bits per heavy atom. The number of imide groups is 1. The molecule has 1 unspecified atom stereocenters. The lowest BCUT2D eigenvalue weighted by Crippen LogP contribution is -2.44. The number of ether oxygens (including phenoxy) is 2. The smallest absolute Gasteiger partial charge is 0.425 e. The number of rotatable bonds is 11. The Bertz CT molecular complexity index is 2300. The SMILES string of the molecule is Cc1cc(C(Nc2cc(F)c3c(N(C(=O)OC(C)(C)C)C(=O)OC(C)(C)C)nccc3c2)C(=O)N(C)Cc2cc(N)cc(F)c2S(=O)(=O)C(C)C)ccc1[C@@H](C)CO. The zero-order valence-corrected chi connectivity index (χ0v) is 35.5. The maximum Gasteiger partial charge on any atom is 0.425 e. The van der Waals surface area contributed by atoms with Crippen LogP contribution < -0.4 is 16.0 Å². The highest BCUT2D eigenvalue weighted by Gasteiger charge is 2.36. The first-order valence-corrected chi connectivity index (χ1v) is 20.2.